The Morgan fingerprint density at radius 2 is 2.00 bits per heavy atom. The Labute approximate surface area is 73.6 Å². The lowest BCUT2D eigenvalue weighted by molar-refractivity contribution is -0.00577. The van der Waals surface area contributed by atoms with Crippen molar-refractivity contribution in [1.29, 1.82) is 0 Å². The molecule has 0 saturated carbocycles. The number of hydrogen-bond donors (Lipinski definition) is 1. The number of aliphatic hydroxyl groups excluding tert-OH is 1. The van der Waals surface area contributed by atoms with Crippen LogP contribution in [-0.2, 0) is 0 Å². The van der Waals surface area contributed by atoms with Gasteiger partial charge in [-0.15, -0.1) is 0 Å². The third kappa shape index (κ3) is 2.16. The minimum Gasteiger partial charge on any atom is -0.382 e. The number of benzene rings is 1. The second kappa shape index (κ2) is 3.83. The van der Waals surface area contributed by atoms with Gasteiger partial charge in [0, 0.05) is 5.02 Å². The van der Waals surface area contributed by atoms with Gasteiger partial charge in [-0.25, -0.2) is 8.78 Å². The molecule has 1 nitrogen and oxygen atoms in total. The van der Waals surface area contributed by atoms with Crippen LogP contribution in [0.15, 0.2) is 24.3 Å². The predicted molar refractivity (Wildman–Crippen MR) is 42.4 cm³/mol. The van der Waals surface area contributed by atoms with Crippen LogP contribution in [0.25, 0.3) is 0 Å². The molecule has 0 bridgehead atoms. The SMILES string of the molecule is O[C@@H](c1cccc(Cl)c1)C(F)F. The van der Waals surface area contributed by atoms with Crippen LogP contribution in [0.4, 0.5) is 8.78 Å². The quantitative estimate of drug-likeness (QED) is 0.764. The molecule has 0 aliphatic carbocycles. The van der Waals surface area contributed by atoms with Gasteiger partial charge in [0.15, 0.2) is 0 Å². The smallest absolute Gasteiger partial charge is 0.268 e. The van der Waals surface area contributed by atoms with E-state index in [9.17, 15) is 8.78 Å². The Morgan fingerprint density at radius 3 is 2.50 bits per heavy atom. The van der Waals surface area contributed by atoms with E-state index in [0.29, 0.717) is 5.02 Å². The Morgan fingerprint density at radius 1 is 1.33 bits per heavy atom. The van der Waals surface area contributed by atoms with Gasteiger partial charge >= 0.3 is 0 Å². The van der Waals surface area contributed by atoms with Gasteiger partial charge in [-0.3, -0.25) is 0 Å². The maximum atomic E-state index is 12.0. The number of rotatable bonds is 2. The van der Waals surface area contributed by atoms with E-state index in [4.69, 9.17) is 16.7 Å². The first kappa shape index (κ1) is 9.42. The summed E-state index contributed by atoms with van der Waals surface area (Å²) in [5.74, 6) is 0. The highest BCUT2D eigenvalue weighted by Gasteiger charge is 2.18. The lowest BCUT2D eigenvalue weighted by Gasteiger charge is -2.08. The van der Waals surface area contributed by atoms with Gasteiger partial charge in [0.1, 0.15) is 6.10 Å². The fraction of sp³-hybridized carbons (Fsp3) is 0.250. The van der Waals surface area contributed by atoms with E-state index < -0.39 is 12.5 Å². The number of hydrogen-bond acceptors (Lipinski definition) is 1. The first-order chi connectivity index (χ1) is 5.61. The molecule has 0 fully saturated rings. The van der Waals surface area contributed by atoms with E-state index in [1.807, 2.05) is 0 Å². The molecule has 1 aromatic carbocycles. The molecular weight excluding hydrogens is 186 g/mol. The fourth-order valence-electron chi connectivity index (χ4n) is 0.836. The molecule has 1 N–H and O–H groups in total. The van der Waals surface area contributed by atoms with Crippen LogP contribution in [0.1, 0.15) is 11.7 Å². The van der Waals surface area contributed by atoms with E-state index in [0.717, 1.165) is 0 Å². The first-order valence-corrected chi connectivity index (χ1v) is 3.70. The fourth-order valence-corrected chi connectivity index (χ4v) is 1.03. The van der Waals surface area contributed by atoms with Crippen LogP contribution in [-0.4, -0.2) is 11.5 Å². The molecule has 0 spiro atoms. The molecule has 0 radical (unpaired) electrons. The van der Waals surface area contributed by atoms with E-state index in [1.165, 1.54) is 18.2 Å². The third-order valence-electron chi connectivity index (χ3n) is 1.43. The monoisotopic (exact) mass is 192 g/mol. The van der Waals surface area contributed by atoms with Gasteiger partial charge in [0.05, 0.1) is 0 Å². The highest BCUT2D eigenvalue weighted by molar-refractivity contribution is 6.30. The molecule has 0 heterocycles. The summed E-state index contributed by atoms with van der Waals surface area (Å²) >= 11 is 5.54. The zero-order valence-electron chi connectivity index (χ0n) is 6.05. The van der Waals surface area contributed by atoms with Crippen molar-refractivity contribution in [2.75, 3.05) is 0 Å². The third-order valence-corrected chi connectivity index (χ3v) is 1.66. The van der Waals surface area contributed by atoms with Gasteiger partial charge in [-0.2, -0.15) is 0 Å². The van der Waals surface area contributed by atoms with Gasteiger partial charge in [0.25, 0.3) is 6.43 Å². The van der Waals surface area contributed by atoms with Crippen molar-refractivity contribution in [2.24, 2.45) is 0 Å². The van der Waals surface area contributed by atoms with Crippen molar-refractivity contribution >= 4 is 11.6 Å². The largest absolute Gasteiger partial charge is 0.382 e. The molecule has 0 aliphatic rings. The van der Waals surface area contributed by atoms with Crippen LogP contribution in [0.3, 0.4) is 0 Å². The predicted octanol–water partition coefficient (Wildman–Crippen LogP) is 2.64. The zero-order valence-corrected chi connectivity index (χ0v) is 6.80. The standard InChI is InChI=1S/C8H7ClF2O/c9-6-3-1-2-5(4-6)7(12)8(10)11/h1-4,7-8,12H/t7-/m0/s1. The zero-order chi connectivity index (χ0) is 9.14. The summed E-state index contributed by atoms with van der Waals surface area (Å²) < 4.78 is 23.9. The normalized spacial score (nSPS) is 13.4. The molecule has 66 valence electrons. The number of halogens is 3. The van der Waals surface area contributed by atoms with Crippen LogP contribution in [0, 0.1) is 0 Å². The van der Waals surface area contributed by atoms with Gasteiger partial charge in [-0.1, -0.05) is 23.7 Å². The second-order valence-corrected chi connectivity index (χ2v) is 2.77. The number of aliphatic hydroxyl groups is 1. The summed E-state index contributed by atoms with van der Waals surface area (Å²) in [6.45, 7) is 0. The molecule has 1 rings (SSSR count). The van der Waals surface area contributed by atoms with Crippen molar-refractivity contribution in [3.63, 3.8) is 0 Å². The molecule has 0 amide bonds. The van der Waals surface area contributed by atoms with Gasteiger partial charge in [0.2, 0.25) is 0 Å². The molecule has 12 heavy (non-hydrogen) atoms. The minimum absolute atomic E-state index is 0.137. The summed E-state index contributed by atoms with van der Waals surface area (Å²) in [6, 6.07) is 5.80. The average molecular weight is 193 g/mol. The Hall–Kier alpha value is -0.670. The Kier molecular flexibility index (Phi) is 3.00. The summed E-state index contributed by atoms with van der Waals surface area (Å²) in [7, 11) is 0. The molecule has 0 unspecified atom stereocenters. The maximum Gasteiger partial charge on any atom is 0.268 e. The van der Waals surface area contributed by atoms with Crippen molar-refractivity contribution in [3.05, 3.63) is 34.9 Å². The topological polar surface area (TPSA) is 20.2 Å². The summed E-state index contributed by atoms with van der Waals surface area (Å²) in [5.41, 5.74) is 0.137. The second-order valence-electron chi connectivity index (χ2n) is 2.33. The lowest BCUT2D eigenvalue weighted by Crippen LogP contribution is -2.07. The van der Waals surface area contributed by atoms with Crippen molar-refractivity contribution in [3.8, 4) is 0 Å². The molecular formula is C8H7ClF2O. The van der Waals surface area contributed by atoms with E-state index in [-0.39, 0.29) is 5.56 Å². The molecule has 0 aromatic heterocycles. The minimum atomic E-state index is -2.77. The van der Waals surface area contributed by atoms with Crippen LogP contribution < -0.4 is 0 Å². The van der Waals surface area contributed by atoms with Crippen molar-refractivity contribution in [2.45, 2.75) is 12.5 Å². The summed E-state index contributed by atoms with van der Waals surface area (Å²) in [4.78, 5) is 0. The van der Waals surface area contributed by atoms with Crippen LogP contribution in [0.2, 0.25) is 5.02 Å². The van der Waals surface area contributed by atoms with Crippen LogP contribution in [0.5, 0.6) is 0 Å². The van der Waals surface area contributed by atoms with Crippen molar-refractivity contribution < 1.29 is 13.9 Å². The molecule has 1 atom stereocenters. The molecule has 1 aromatic rings. The Bertz CT molecular complexity index is 265. The molecule has 0 aliphatic heterocycles. The van der Waals surface area contributed by atoms with Crippen LogP contribution >= 0.6 is 11.6 Å². The highest BCUT2D eigenvalue weighted by atomic mass is 35.5. The maximum absolute atomic E-state index is 12.0. The highest BCUT2D eigenvalue weighted by Crippen LogP contribution is 2.22. The Balaban J connectivity index is 2.88. The van der Waals surface area contributed by atoms with Gasteiger partial charge < -0.3 is 5.11 Å². The first-order valence-electron chi connectivity index (χ1n) is 3.33. The lowest BCUT2D eigenvalue weighted by atomic mass is 10.1. The average Bonchev–Trinajstić information content (AvgIpc) is 2.03. The van der Waals surface area contributed by atoms with Crippen molar-refractivity contribution in [1.82, 2.24) is 0 Å². The summed E-state index contributed by atoms with van der Waals surface area (Å²) in [6.07, 6.45) is -4.52. The van der Waals surface area contributed by atoms with Gasteiger partial charge in [-0.05, 0) is 17.7 Å². The number of alkyl halides is 2. The van der Waals surface area contributed by atoms with E-state index >= 15 is 0 Å². The summed E-state index contributed by atoms with van der Waals surface area (Å²) in [5, 5.41) is 9.25. The molecule has 4 heteroatoms. The van der Waals surface area contributed by atoms with E-state index in [2.05, 4.69) is 0 Å². The molecule has 0 saturated heterocycles. The van der Waals surface area contributed by atoms with E-state index in [1.54, 1.807) is 6.07 Å².